The highest BCUT2D eigenvalue weighted by molar-refractivity contribution is 9.09. The number of carbonyl (C=O) groups excluding carboxylic acids is 1. The van der Waals surface area contributed by atoms with Crippen LogP contribution in [0.4, 0.5) is 0 Å². The molecular formula is C14H22BrNO2. The van der Waals surface area contributed by atoms with Gasteiger partial charge in [0.2, 0.25) is 0 Å². The molecule has 18 heavy (non-hydrogen) atoms. The Morgan fingerprint density at radius 3 is 2.83 bits per heavy atom. The summed E-state index contributed by atoms with van der Waals surface area (Å²) in [6, 6.07) is 1.74. The van der Waals surface area contributed by atoms with Gasteiger partial charge in [0, 0.05) is 18.3 Å². The van der Waals surface area contributed by atoms with E-state index < -0.39 is 0 Å². The van der Waals surface area contributed by atoms with E-state index in [4.69, 9.17) is 4.42 Å². The highest BCUT2D eigenvalue weighted by Gasteiger charge is 2.14. The van der Waals surface area contributed by atoms with Crippen molar-refractivity contribution in [3.63, 3.8) is 0 Å². The molecule has 1 heterocycles. The van der Waals surface area contributed by atoms with Crippen LogP contribution in [0.2, 0.25) is 0 Å². The maximum absolute atomic E-state index is 12.0. The van der Waals surface area contributed by atoms with Crippen molar-refractivity contribution >= 4 is 21.8 Å². The summed E-state index contributed by atoms with van der Waals surface area (Å²) in [4.78, 5) is 12.0. The van der Waals surface area contributed by atoms with Crippen LogP contribution in [0.5, 0.6) is 0 Å². The molecule has 0 fully saturated rings. The Morgan fingerprint density at radius 2 is 2.22 bits per heavy atom. The molecule has 1 unspecified atom stereocenters. The second-order valence-electron chi connectivity index (χ2n) is 4.45. The molecule has 0 bridgehead atoms. The van der Waals surface area contributed by atoms with Gasteiger partial charge in [0.05, 0.1) is 11.8 Å². The first-order chi connectivity index (χ1) is 8.72. The van der Waals surface area contributed by atoms with Gasteiger partial charge < -0.3 is 9.73 Å². The van der Waals surface area contributed by atoms with Crippen LogP contribution in [-0.2, 0) is 6.42 Å². The normalized spacial score (nSPS) is 12.4. The highest BCUT2D eigenvalue weighted by Crippen LogP contribution is 2.14. The molecular weight excluding hydrogens is 294 g/mol. The fourth-order valence-electron chi connectivity index (χ4n) is 2.06. The molecule has 1 aromatic heterocycles. The van der Waals surface area contributed by atoms with Crippen molar-refractivity contribution in [1.82, 2.24) is 5.32 Å². The first-order valence-electron chi connectivity index (χ1n) is 6.63. The van der Waals surface area contributed by atoms with Gasteiger partial charge in [0.1, 0.15) is 5.76 Å². The summed E-state index contributed by atoms with van der Waals surface area (Å²) < 4.78 is 5.27. The number of hydrogen-bond acceptors (Lipinski definition) is 2. The molecule has 1 N–H and O–H groups in total. The predicted molar refractivity (Wildman–Crippen MR) is 77.2 cm³/mol. The molecule has 0 aliphatic rings. The largest absolute Gasteiger partial charge is 0.469 e. The van der Waals surface area contributed by atoms with E-state index in [1.165, 1.54) is 0 Å². The number of rotatable bonds is 8. The number of carbonyl (C=O) groups is 1. The standard InChI is InChI=1S/C14H22BrNO2/c1-3-5-11(6-8-15)10-16-14(17)12-7-9-18-13(12)4-2/h7,9,11H,3-6,8,10H2,1-2H3,(H,16,17). The Kier molecular flexibility index (Phi) is 7.09. The van der Waals surface area contributed by atoms with E-state index in [1.54, 1.807) is 12.3 Å². The molecule has 4 heteroatoms. The second kappa shape index (κ2) is 8.35. The zero-order valence-corrected chi connectivity index (χ0v) is 12.8. The van der Waals surface area contributed by atoms with Gasteiger partial charge in [-0.15, -0.1) is 0 Å². The number of nitrogens with one attached hydrogen (secondary N) is 1. The van der Waals surface area contributed by atoms with Crippen LogP contribution in [0.1, 0.15) is 49.2 Å². The van der Waals surface area contributed by atoms with Gasteiger partial charge in [0.25, 0.3) is 5.91 Å². The molecule has 0 aromatic carbocycles. The number of halogens is 1. The average molecular weight is 316 g/mol. The predicted octanol–water partition coefficient (Wildman–Crippen LogP) is 3.77. The number of furan rings is 1. The van der Waals surface area contributed by atoms with Crippen LogP contribution in [0.3, 0.4) is 0 Å². The van der Waals surface area contributed by atoms with Crippen molar-refractivity contribution < 1.29 is 9.21 Å². The van der Waals surface area contributed by atoms with Crippen LogP contribution in [-0.4, -0.2) is 17.8 Å². The minimum Gasteiger partial charge on any atom is -0.469 e. The van der Waals surface area contributed by atoms with Crippen molar-refractivity contribution in [1.29, 1.82) is 0 Å². The maximum atomic E-state index is 12.0. The molecule has 3 nitrogen and oxygen atoms in total. The van der Waals surface area contributed by atoms with Gasteiger partial charge in [0.15, 0.2) is 0 Å². The lowest BCUT2D eigenvalue weighted by atomic mass is 10.0. The Bertz CT molecular complexity index is 356. The molecule has 0 radical (unpaired) electrons. The molecule has 1 rings (SSSR count). The zero-order valence-electron chi connectivity index (χ0n) is 11.2. The van der Waals surface area contributed by atoms with Crippen LogP contribution < -0.4 is 5.32 Å². The van der Waals surface area contributed by atoms with Crippen molar-refractivity contribution in [2.45, 2.75) is 39.5 Å². The van der Waals surface area contributed by atoms with Crippen molar-refractivity contribution in [3.8, 4) is 0 Å². The Balaban J connectivity index is 2.49. The SMILES string of the molecule is CCCC(CCBr)CNC(=O)c1ccoc1CC. The minimum absolute atomic E-state index is 0.0173. The smallest absolute Gasteiger partial charge is 0.254 e. The van der Waals surface area contributed by atoms with Gasteiger partial charge in [-0.1, -0.05) is 36.2 Å². The van der Waals surface area contributed by atoms with E-state index in [1.807, 2.05) is 6.92 Å². The van der Waals surface area contributed by atoms with Gasteiger partial charge in [-0.25, -0.2) is 0 Å². The average Bonchev–Trinajstić information content (AvgIpc) is 2.84. The topological polar surface area (TPSA) is 42.2 Å². The molecule has 0 saturated heterocycles. The quantitative estimate of drug-likeness (QED) is 0.742. The van der Waals surface area contributed by atoms with Crippen molar-refractivity contribution in [3.05, 3.63) is 23.7 Å². The zero-order chi connectivity index (χ0) is 13.4. The molecule has 1 aromatic rings. The summed E-state index contributed by atoms with van der Waals surface area (Å²) in [6.45, 7) is 4.90. The minimum atomic E-state index is -0.0173. The Hall–Kier alpha value is -0.770. The molecule has 0 saturated carbocycles. The first kappa shape index (κ1) is 15.3. The van der Waals surface area contributed by atoms with E-state index in [0.717, 1.165) is 43.3 Å². The summed E-state index contributed by atoms with van der Waals surface area (Å²) in [5, 5.41) is 4.00. The van der Waals surface area contributed by atoms with Crippen LogP contribution in [0, 0.1) is 5.92 Å². The van der Waals surface area contributed by atoms with E-state index in [0.29, 0.717) is 11.5 Å². The molecule has 102 valence electrons. The van der Waals surface area contributed by atoms with Crippen molar-refractivity contribution in [2.24, 2.45) is 5.92 Å². The lowest BCUT2D eigenvalue weighted by Gasteiger charge is -2.15. The third kappa shape index (κ3) is 4.48. The Morgan fingerprint density at radius 1 is 1.44 bits per heavy atom. The monoisotopic (exact) mass is 315 g/mol. The van der Waals surface area contributed by atoms with Gasteiger partial charge in [-0.3, -0.25) is 4.79 Å². The molecule has 1 amide bonds. The molecule has 0 aliphatic heterocycles. The van der Waals surface area contributed by atoms with E-state index in [2.05, 4.69) is 28.2 Å². The second-order valence-corrected chi connectivity index (χ2v) is 5.25. The number of hydrogen-bond donors (Lipinski definition) is 1. The maximum Gasteiger partial charge on any atom is 0.254 e. The third-order valence-electron chi connectivity index (χ3n) is 3.08. The molecule has 1 atom stereocenters. The van der Waals surface area contributed by atoms with E-state index in [9.17, 15) is 4.79 Å². The van der Waals surface area contributed by atoms with E-state index in [-0.39, 0.29) is 5.91 Å². The summed E-state index contributed by atoms with van der Waals surface area (Å²) in [6.07, 6.45) is 5.72. The summed E-state index contributed by atoms with van der Waals surface area (Å²) in [5.41, 5.74) is 0.673. The van der Waals surface area contributed by atoms with Gasteiger partial charge >= 0.3 is 0 Å². The highest BCUT2D eigenvalue weighted by atomic mass is 79.9. The molecule has 0 spiro atoms. The Labute approximate surface area is 117 Å². The van der Waals surface area contributed by atoms with Crippen LogP contribution in [0.15, 0.2) is 16.7 Å². The fraction of sp³-hybridized carbons (Fsp3) is 0.643. The van der Waals surface area contributed by atoms with Gasteiger partial charge in [-0.05, 0) is 24.8 Å². The van der Waals surface area contributed by atoms with E-state index >= 15 is 0 Å². The fourth-order valence-corrected chi connectivity index (χ4v) is 2.71. The van der Waals surface area contributed by atoms with Crippen LogP contribution in [0.25, 0.3) is 0 Å². The lowest BCUT2D eigenvalue weighted by Crippen LogP contribution is -2.29. The number of amides is 1. The van der Waals surface area contributed by atoms with Crippen LogP contribution >= 0.6 is 15.9 Å². The summed E-state index contributed by atoms with van der Waals surface area (Å²) >= 11 is 3.46. The van der Waals surface area contributed by atoms with Crippen molar-refractivity contribution in [2.75, 3.05) is 11.9 Å². The third-order valence-corrected chi connectivity index (χ3v) is 3.53. The van der Waals surface area contributed by atoms with Gasteiger partial charge in [-0.2, -0.15) is 0 Å². The summed E-state index contributed by atoms with van der Waals surface area (Å²) in [5.74, 6) is 1.30. The first-order valence-corrected chi connectivity index (χ1v) is 7.75. The molecule has 0 aliphatic carbocycles. The number of aryl methyl sites for hydroxylation is 1. The number of alkyl halides is 1. The summed E-state index contributed by atoms with van der Waals surface area (Å²) in [7, 11) is 0. The lowest BCUT2D eigenvalue weighted by molar-refractivity contribution is 0.0944.